The number of rotatable bonds is 3. The number of carbonyl (C=O) groups excluding carboxylic acids is 1. The summed E-state index contributed by atoms with van der Waals surface area (Å²) in [5, 5.41) is 11.2. The number of carbonyl (C=O) groups is 1. The second-order valence-corrected chi connectivity index (χ2v) is 7.05. The quantitative estimate of drug-likeness (QED) is 0.592. The van der Waals surface area contributed by atoms with Crippen LogP contribution >= 0.6 is 11.3 Å². The van der Waals surface area contributed by atoms with Gasteiger partial charge in [-0.3, -0.25) is 15.2 Å². The van der Waals surface area contributed by atoms with E-state index in [0.717, 1.165) is 32.9 Å². The number of aryl methyl sites for hydroxylation is 2. The van der Waals surface area contributed by atoms with Crippen LogP contribution in [0, 0.1) is 13.8 Å². The molecule has 0 aliphatic carbocycles. The van der Waals surface area contributed by atoms with Gasteiger partial charge in [-0.15, -0.1) is 11.3 Å². The van der Waals surface area contributed by atoms with Crippen molar-refractivity contribution in [3.8, 4) is 11.3 Å². The molecule has 4 aromatic rings. The van der Waals surface area contributed by atoms with E-state index in [9.17, 15) is 4.79 Å². The van der Waals surface area contributed by atoms with Gasteiger partial charge in [0.1, 0.15) is 5.82 Å². The first-order valence-electron chi connectivity index (χ1n) is 7.73. The summed E-state index contributed by atoms with van der Waals surface area (Å²) in [5.41, 5.74) is 3.13. The summed E-state index contributed by atoms with van der Waals surface area (Å²) < 4.78 is 2.01. The Balaban J connectivity index is 1.73. The number of thiazole rings is 1. The van der Waals surface area contributed by atoms with Crippen LogP contribution in [-0.4, -0.2) is 30.6 Å². The standard InChI is InChI=1S/C17H16N6OS/c1-9-7-19-17(25-9)20-16(24)15-12-6-11(4-5-13(12)21-22-15)14-8-18-10(2)23(14)3/h4-8H,1-3H3,(H,21,22)(H,19,20,24). The molecular formula is C17H16N6OS. The lowest BCUT2D eigenvalue weighted by molar-refractivity contribution is 0.102. The molecule has 1 amide bonds. The van der Waals surface area contributed by atoms with E-state index in [0.29, 0.717) is 10.8 Å². The Kier molecular flexibility index (Phi) is 3.61. The SMILES string of the molecule is Cc1cnc(NC(=O)c2n[nH]c3ccc(-c4cnc(C)n4C)cc23)s1. The molecule has 0 aliphatic heterocycles. The summed E-state index contributed by atoms with van der Waals surface area (Å²) in [7, 11) is 1.97. The van der Waals surface area contributed by atoms with Crippen LogP contribution in [0.3, 0.4) is 0 Å². The first-order chi connectivity index (χ1) is 12.0. The van der Waals surface area contributed by atoms with Crippen LogP contribution in [0.1, 0.15) is 21.2 Å². The zero-order valence-corrected chi connectivity index (χ0v) is 14.8. The maximum Gasteiger partial charge on any atom is 0.278 e. The Labute approximate surface area is 147 Å². The van der Waals surface area contributed by atoms with E-state index in [-0.39, 0.29) is 5.91 Å². The van der Waals surface area contributed by atoms with Gasteiger partial charge in [-0.05, 0) is 26.0 Å². The van der Waals surface area contributed by atoms with E-state index in [1.54, 1.807) is 6.20 Å². The molecule has 0 radical (unpaired) electrons. The molecule has 0 fully saturated rings. The maximum atomic E-state index is 12.6. The molecule has 8 heteroatoms. The first kappa shape index (κ1) is 15.5. The zero-order chi connectivity index (χ0) is 17.6. The number of aromatic amines is 1. The summed E-state index contributed by atoms with van der Waals surface area (Å²) in [6.07, 6.45) is 3.56. The van der Waals surface area contributed by atoms with Crippen LogP contribution in [0.5, 0.6) is 0 Å². The first-order valence-corrected chi connectivity index (χ1v) is 8.55. The predicted octanol–water partition coefficient (Wildman–Crippen LogP) is 3.29. The van der Waals surface area contributed by atoms with E-state index in [4.69, 9.17) is 0 Å². The van der Waals surface area contributed by atoms with E-state index in [2.05, 4.69) is 25.5 Å². The molecule has 1 aromatic carbocycles. The Hall–Kier alpha value is -3.00. The van der Waals surface area contributed by atoms with E-state index < -0.39 is 0 Å². The Morgan fingerprint density at radius 2 is 2.08 bits per heavy atom. The molecule has 126 valence electrons. The number of fused-ring (bicyclic) bond motifs is 1. The van der Waals surface area contributed by atoms with Crippen LogP contribution in [0.15, 0.2) is 30.6 Å². The molecular weight excluding hydrogens is 336 g/mol. The number of aromatic nitrogens is 5. The van der Waals surface area contributed by atoms with Gasteiger partial charge in [0, 0.05) is 29.1 Å². The number of hydrogen-bond donors (Lipinski definition) is 2. The second-order valence-electron chi connectivity index (χ2n) is 5.81. The highest BCUT2D eigenvalue weighted by Crippen LogP contribution is 2.26. The fourth-order valence-corrected chi connectivity index (χ4v) is 3.35. The van der Waals surface area contributed by atoms with Crippen LogP contribution in [0.4, 0.5) is 5.13 Å². The Morgan fingerprint density at radius 3 is 2.76 bits per heavy atom. The lowest BCUT2D eigenvalue weighted by Crippen LogP contribution is -2.12. The number of benzene rings is 1. The van der Waals surface area contributed by atoms with Gasteiger partial charge in [-0.1, -0.05) is 6.07 Å². The maximum absolute atomic E-state index is 12.6. The molecule has 4 rings (SSSR count). The molecule has 7 nitrogen and oxygen atoms in total. The number of nitrogens with zero attached hydrogens (tertiary/aromatic N) is 4. The van der Waals surface area contributed by atoms with Crippen LogP contribution in [0.25, 0.3) is 22.2 Å². The van der Waals surface area contributed by atoms with Gasteiger partial charge in [0.05, 0.1) is 17.4 Å². The number of H-pyrrole nitrogens is 1. The third kappa shape index (κ3) is 2.70. The van der Waals surface area contributed by atoms with E-state index >= 15 is 0 Å². The minimum Gasteiger partial charge on any atom is -0.331 e. The molecule has 0 saturated carbocycles. The van der Waals surface area contributed by atoms with Crippen molar-refractivity contribution in [2.75, 3.05) is 5.32 Å². The van der Waals surface area contributed by atoms with Gasteiger partial charge in [-0.2, -0.15) is 5.10 Å². The summed E-state index contributed by atoms with van der Waals surface area (Å²) in [5.74, 6) is 0.651. The number of hydrogen-bond acceptors (Lipinski definition) is 5. The molecule has 0 unspecified atom stereocenters. The van der Waals surface area contributed by atoms with E-state index in [1.807, 2.05) is 49.9 Å². The van der Waals surface area contributed by atoms with Gasteiger partial charge in [0.25, 0.3) is 5.91 Å². The normalized spacial score (nSPS) is 11.2. The molecule has 3 heterocycles. The van der Waals surface area contributed by atoms with Crippen molar-refractivity contribution < 1.29 is 4.79 Å². The van der Waals surface area contributed by atoms with Crippen molar-refractivity contribution in [2.45, 2.75) is 13.8 Å². The number of imidazole rings is 1. The molecule has 0 saturated heterocycles. The zero-order valence-electron chi connectivity index (χ0n) is 14.0. The summed E-state index contributed by atoms with van der Waals surface area (Å²) >= 11 is 1.43. The van der Waals surface area contributed by atoms with Crippen LogP contribution in [0.2, 0.25) is 0 Å². The fraction of sp³-hybridized carbons (Fsp3) is 0.176. The third-order valence-electron chi connectivity index (χ3n) is 4.14. The van der Waals surface area contributed by atoms with Gasteiger partial charge in [-0.25, -0.2) is 9.97 Å². The highest BCUT2D eigenvalue weighted by atomic mass is 32.1. The van der Waals surface area contributed by atoms with E-state index in [1.165, 1.54) is 11.3 Å². The number of anilines is 1. The lowest BCUT2D eigenvalue weighted by Gasteiger charge is -2.04. The summed E-state index contributed by atoms with van der Waals surface area (Å²) in [4.78, 5) is 22.1. The second kappa shape index (κ2) is 5.82. The van der Waals surface area contributed by atoms with Gasteiger partial charge in [0.2, 0.25) is 0 Å². The number of nitrogens with one attached hydrogen (secondary N) is 2. The molecule has 3 aromatic heterocycles. The molecule has 0 aliphatic rings. The average Bonchev–Trinajstić information content (AvgIpc) is 3.27. The predicted molar refractivity (Wildman–Crippen MR) is 97.8 cm³/mol. The highest BCUT2D eigenvalue weighted by molar-refractivity contribution is 7.15. The highest BCUT2D eigenvalue weighted by Gasteiger charge is 2.17. The monoisotopic (exact) mass is 352 g/mol. The summed E-state index contributed by atoms with van der Waals surface area (Å²) in [6.45, 7) is 3.90. The molecule has 0 spiro atoms. The average molecular weight is 352 g/mol. The van der Waals surface area contributed by atoms with Gasteiger partial charge >= 0.3 is 0 Å². The molecule has 0 atom stereocenters. The Morgan fingerprint density at radius 1 is 1.24 bits per heavy atom. The fourth-order valence-electron chi connectivity index (χ4n) is 2.69. The van der Waals surface area contributed by atoms with Crippen LogP contribution < -0.4 is 5.32 Å². The summed E-state index contributed by atoms with van der Waals surface area (Å²) in [6, 6.07) is 5.87. The minimum atomic E-state index is -0.279. The van der Waals surface area contributed by atoms with Crippen molar-refractivity contribution in [1.29, 1.82) is 0 Å². The topological polar surface area (TPSA) is 88.5 Å². The lowest BCUT2D eigenvalue weighted by atomic mass is 10.1. The number of amides is 1. The third-order valence-corrected chi connectivity index (χ3v) is 4.96. The molecule has 0 bridgehead atoms. The van der Waals surface area contributed by atoms with Crippen molar-refractivity contribution in [2.24, 2.45) is 7.05 Å². The van der Waals surface area contributed by atoms with Crippen molar-refractivity contribution in [3.05, 3.63) is 47.0 Å². The molecule has 2 N–H and O–H groups in total. The van der Waals surface area contributed by atoms with Crippen LogP contribution in [-0.2, 0) is 7.05 Å². The van der Waals surface area contributed by atoms with Gasteiger partial charge < -0.3 is 4.57 Å². The van der Waals surface area contributed by atoms with Crippen molar-refractivity contribution in [3.63, 3.8) is 0 Å². The molecule has 25 heavy (non-hydrogen) atoms. The minimum absolute atomic E-state index is 0.279. The van der Waals surface area contributed by atoms with Crippen molar-refractivity contribution >= 4 is 33.3 Å². The van der Waals surface area contributed by atoms with Gasteiger partial charge in [0.15, 0.2) is 10.8 Å². The van der Waals surface area contributed by atoms with Crippen molar-refractivity contribution in [1.82, 2.24) is 24.7 Å². The smallest absolute Gasteiger partial charge is 0.278 e. The largest absolute Gasteiger partial charge is 0.331 e. The Bertz CT molecular complexity index is 1090.